The van der Waals surface area contributed by atoms with Gasteiger partial charge in [-0.05, 0) is 37.8 Å². The van der Waals surface area contributed by atoms with Gasteiger partial charge in [0.1, 0.15) is 5.01 Å². The first-order valence-corrected chi connectivity index (χ1v) is 8.22. The van der Waals surface area contributed by atoms with Crippen molar-refractivity contribution in [1.29, 1.82) is 0 Å². The molecule has 2 atom stereocenters. The number of carbonyl (C=O) groups is 1. The Morgan fingerprint density at radius 1 is 1.43 bits per heavy atom. The summed E-state index contributed by atoms with van der Waals surface area (Å²) in [6, 6.07) is 0. The zero-order valence-electron chi connectivity index (χ0n) is 12.9. The molecule has 1 aliphatic heterocycles. The van der Waals surface area contributed by atoms with Crippen molar-refractivity contribution < 1.29 is 4.79 Å². The Hall–Kier alpha value is -0.720. The van der Waals surface area contributed by atoms with E-state index in [-0.39, 0.29) is 18.3 Å². The predicted molar refractivity (Wildman–Crippen MR) is 89.3 cm³/mol. The van der Waals surface area contributed by atoms with Crippen LogP contribution in [0.25, 0.3) is 0 Å². The molecule has 1 fully saturated rings. The largest absolute Gasteiger partial charge is 0.316 e. The van der Waals surface area contributed by atoms with E-state index < -0.39 is 0 Å². The number of aromatic nitrogens is 2. The predicted octanol–water partition coefficient (Wildman–Crippen LogP) is 3.05. The second-order valence-electron chi connectivity index (χ2n) is 5.94. The van der Waals surface area contributed by atoms with E-state index in [0.717, 1.165) is 18.1 Å². The van der Waals surface area contributed by atoms with Crippen LogP contribution in [0.1, 0.15) is 51.0 Å². The van der Waals surface area contributed by atoms with Crippen molar-refractivity contribution in [3.8, 4) is 0 Å². The van der Waals surface area contributed by atoms with Crippen molar-refractivity contribution in [2.24, 2.45) is 11.8 Å². The highest BCUT2D eigenvalue weighted by Gasteiger charge is 2.22. The molecule has 1 aromatic rings. The molecule has 0 saturated carbocycles. The summed E-state index contributed by atoms with van der Waals surface area (Å²) >= 11 is 1.47. The van der Waals surface area contributed by atoms with Gasteiger partial charge in [-0.3, -0.25) is 4.79 Å². The van der Waals surface area contributed by atoms with Crippen LogP contribution in [0.4, 0.5) is 5.13 Å². The van der Waals surface area contributed by atoms with Gasteiger partial charge in [-0.15, -0.1) is 22.6 Å². The summed E-state index contributed by atoms with van der Waals surface area (Å²) < 4.78 is 0. The van der Waals surface area contributed by atoms with Gasteiger partial charge in [0, 0.05) is 12.3 Å². The van der Waals surface area contributed by atoms with Gasteiger partial charge in [-0.2, -0.15) is 0 Å². The van der Waals surface area contributed by atoms with E-state index in [0.29, 0.717) is 29.3 Å². The number of amides is 1. The minimum atomic E-state index is 0. The van der Waals surface area contributed by atoms with Crippen LogP contribution in [0.5, 0.6) is 0 Å². The first kappa shape index (κ1) is 18.3. The van der Waals surface area contributed by atoms with E-state index >= 15 is 0 Å². The molecule has 0 aliphatic carbocycles. The number of rotatable bonds is 5. The Labute approximate surface area is 136 Å². The average molecular weight is 333 g/mol. The second-order valence-corrected chi connectivity index (χ2v) is 6.95. The molecule has 2 N–H and O–H groups in total. The third kappa shape index (κ3) is 5.52. The van der Waals surface area contributed by atoms with Crippen molar-refractivity contribution >= 4 is 34.8 Å². The number of carbonyl (C=O) groups excluding carboxylic acids is 1. The molecule has 0 bridgehead atoms. The topological polar surface area (TPSA) is 66.9 Å². The van der Waals surface area contributed by atoms with Crippen molar-refractivity contribution in [1.82, 2.24) is 15.5 Å². The van der Waals surface area contributed by atoms with Crippen LogP contribution in [-0.2, 0) is 4.79 Å². The lowest BCUT2D eigenvalue weighted by Gasteiger charge is -2.27. The normalized spacial score (nSPS) is 19.9. The van der Waals surface area contributed by atoms with Crippen LogP contribution in [0.15, 0.2) is 0 Å². The van der Waals surface area contributed by atoms with Crippen LogP contribution in [0.2, 0.25) is 0 Å². The summed E-state index contributed by atoms with van der Waals surface area (Å²) in [5.74, 6) is 1.41. The Balaban J connectivity index is 0.00000220. The van der Waals surface area contributed by atoms with Gasteiger partial charge in [0.2, 0.25) is 11.0 Å². The summed E-state index contributed by atoms with van der Waals surface area (Å²) in [7, 11) is 0. The highest BCUT2D eigenvalue weighted by atomic mass is 35.5. The summed E-state index contributed by atoms with van der Waals surface area (Å²) in [6.07, 6.45) is 2.99. The zero-order chi connectivity index (χ0) is 14.5. The van der Waals surface area contributed by atoms with Gasteiger partial charge in [0.25, 0.3) is 0 Å². The number of anilines is 1. The van der Waals surface area contributed by atoms with E-state index in [4.69, 9.17) is 0 Å². The first-order valence-electron chi connectivity index (χ1n) is 7.40. The highest BCUT2D eigenvalue weighted by Crippen LogP contribution is 2.25. The molecule has 21 heavy (non-hydrogen) atoms. The fourth-order valence-electron chi connectivity index (χ4n) is 2.51. The summed E-state index contributed by atoms with van der Waals surface area (Å²) in [5, 5.41) is 16.0. The number of hydrogen-bond donors (Lipinski definition) is 2. The molecule has 1 saturated heterocycles. The fourth-order valence-corrected chi connectivity index (χ4v) is 3.27. The number of hydrogen-bond acceptors (Lipinski definition) is 5. The minimum Gasteiger partial charge on any atom is -0.316 e. The molecule has 1 amide bonds. The van der Waals surface area contributed by atoms with Crippen LogP contribution in [0.3, 0.4) is 0 Å². The standard InChI is InChI=1S/C14H24N4OS.ClH/c1-9(2)13-17-18-14(20-13)16-12(19)7-10(3)11-5-4-6-15-8-11;/h9-11,15H,4-8H2,1-3H3,(H,16,18,19);1H. The molecule has 2 unspecified atom stereocenters. The minimum absolute atomic E-state index is 0. The molecule has 5 nitrogen and oxygen atoms in total. The lowest BCUT2D eigenvalue weighted by atomic mass is 9.85. The number of nitrogens with zero attached hydrogens (tertiary/aromatic N) is 2. The Morgan fingerprint density at radius 2 is 2.19 bits per heavy atom. The Kier molecular flexibility index (Phi) is 7.56. The van der Waals surface area contributed by atoms with Crippen LogP contribution in [0, 0.1) is 11.8 Å². The van der Waals surface area contributed by atoms with Gasteiger partial charge >= 0.3 is 0 Å². The van der Waals surface area contributed by atoms with Crippen molar-refractivity contribution in [3.05, 3.63) is 5.01 Å². The maximum Gasteiger partial charge on any atom is 0.226 e. The molecular formula is C14H25ClN4OS. The number of halogens is 1. The van der Waals surface area contributed by atoms with E-state index in [1.165, 1.54) is 24.2 Å². The average Bonchev–Trinajstić information content (AvgIpc) is 2.88. The summed E-state index contributed by atoms with van der Waals surface area (Å²) in [4.78, 5) is 12.1. The molecule has 1 aliphatic rings. The number of piperidine rings is 1. The second kappa shape index (κ2) is 8.66. The summed E-state index contributed by atoms with van der Waals surface area (Å²) in [5.41, 5.74) is 0. The van der Waals surface area contributed by atoms with E-state index in [9.17, 15) is 4.79 Å². The third-order valence-corrected chi connectivity index (χ3v) is 4.97. The number of nitrogens with one attached hydrogen (secondary N) is 2. The van der Waals surface area contributed by atoms with E-state index in [1.54, 1.807) is 0 Å². The van der Waals surface area contributed by atoms with Gasteiger partial charge in [0.05, 0.1) is 0 Å². The first-order chi connectivity index (χ1) is 9.56. The van der Waals surface area contributed by atoms with Crippen LogP contribution < -0.4 is 10.6 Å². The maximum atomic E-state index is 12.1. The Bertz CT molecular complexity index is 446. The van der Waals surface area contributed by atoms with Crippen molar-refractivity contribution in [2.75, 3.05) is 18.4 Å². The molecular weight excluding hydrogens is 308 g/mol. The molecule has 0 aromatic carbocycles. The molecule has 7 heteroatoms. The highest BCUT2D eigenvalue weighted by molar-refractivity contribution is 7.15. The van der Waals surface area contributed by atoms with Gasteiger partial charge in [-0.25, -0.2) is 0 Å². The zero-order valence-corrected chi connectivity index (χ0v) is 14.5. The molecule has 1 aromatic heterocycles. The van der Waals surface area contributed by atoms with E-state index in [1.807, 2.05) is 0 Å². The van der Waals surface area contributed by atoms with Crippen LogP contribution >= 0.6 is 23.7 Å². The summed E-state index contributed by atoms with van der Waals surface area (Å²) in [6.45, 7) is 8.45. The van der Waals surface area contributed by atoms with Crippen molar-refractivity contribution in [3.63, 3.8) is 0 Å². The quantitative estimate of drug-likeness (QED) is 0.869. The van der Waals surface area contributed by atoms with Gasteiger partial charge < -0.3 is 10.6 Å². The van der Waals surface area contributed by atoms with Crippen molar-refractivity contribution in [2.45, 2.75) is 46.0 Å². The van der Waals surface area contributed by atoms with Gasteiger partial charge in [-0.1, -0.05) is 32.1 Å². The van der Waals surface area contributed by atoms with Crippen LogP contribution in [-0.4, -0.2) is 29.2 Å². The Morgan fingerprint density at radius 3 is 2.76 bits per heavy atom. The molecule has 0 radical (unpaired) electrons. The monoisotopic (exact) mass is 332 g/mol. The molecule has 2 heterocycles. The lowest BCUT2D eigenvalue weighted by molar-refractivity contribution is -0.117. The lowest BCUT2D eigenvalue weighted by Crippen LogP contribution is -2.34. The van der Waals surface area contributed by atoms with E-state index in [2.05, 4.69) is 41.6 Å². The van der Waals surface area contributed by atoms with Gasteiger partial charge in [0.15, 0.2) is 0 Å². The fraction of sp³-hybridized carbons (Fsp3) is 0.786. The maximum absolute atomic E-state index is 12.1. The third-order valence-electron chi connectivity index (χ3n) is 3.83. The smallest absolute Gasteiger partial charge is 0.226 e. The SMILES string of the molecule is CC(C)c1nnc(NC(=O)CC(C)C2CCCNC2)s1.Cl. The molecule has 120 valence electrons. The molecule has 0 spiro atoms. The molecule has 2 rings (SSSR count).